The first-order chi connectivity index (χ1) is 25.0. The van der Waals surface area contributed by atoms with Gasteiger partial charge in [0.1, 0.15) is 29.7 Å². The quantitative estimate of drug-likeness (QED) is 0.0344. The van der Waals surface area contributed by atoms with Crippen LogP contribution >= 0.6 is 0 Å². The van der Waals surface area contributed by atoms with Gasteiger partial charge in [-0.05, 0) is 90.6 Å². The fourth-order valence-corrected chi connectivity index (χ4v) is 7.67. The van der Waals surface area contributed by atoms with Gasteiger partial charge in [-0.25, -0.2) is 17.2 Å². The highest BCUT2D eigenvalue weighted by Crippen LogP contribution is 2.50. The summed E-state index contributed by atoms with van der Waals surface area (Å²) < 4.78 is 83.9. The maximum atomic E-state index is 14.1. The smallest absolute Gasteiger partial charge is 0.233 e. The van der Waals surface area contributed by atoms with Crippen LogP contribution in [0.5, 0.6) is 11.5 Å². The van der Waals surface area contributed by atoms with Crippen LogP contribution in [-0.2, 0) is 30.4 Å². The second kappa shape index (κ2) is 16.9. The Morgan fingerprint density at radius 1 is 0.868 bits per heavy atom. The van der Waals surface area contributed by atoms with Crippen molar-refractivity contribution in [3.8, 4) is 11.5 Å². The molecule has 1 heterocycles. The van der Waals surface area contributed by atoms with Crippen molar-refractivity contribution >= 4 is 30.3 Å². The molecule has 1 aliphatic heterocycles. The minimum absolute atomic E-state index is 0.0677. The highest BCUT2D eigenvalue weighted by Gasteiger charge is 2.50. The van der Waals surface area contributed by atoms with Gasteiger partial charge in [-0.1, -0.05) is 63.2 Å². The van der Waals surface area contributed by atoms with Crippen LogP contribution in [0.4, 0.5) is 14.5 Å². The van der Waals surface area contributed by atoms with Crippen LogP contribution in [0.2, 0.25) is 18.1 Å². The number of β-lactam (4-membered cyclic amide) rings is 1. The first-order valence-electron chi connectivity index (χ1n) is 17.6. The zero-order valence-electron chi connectivity index (χ0n) is 30.6. The third-order valence-corrected chi connectivity index (χ3v) is 14.8. The Kier molecular flexibility index (Phi) is 12.8. The molecule has 9 nitrogen and oxygen atoms in total. The third kappa shape index (κ3) is 10.5. The SMILES string of the molecule is CC(C)(C)[Si](C)(C)O[C@H](CC[C@H]1C(=O)N(c2ccc(F)cc2)[C@@H]1c1ccc(OCCCOS(=O)(=O)[O-])cc1OCc1ccccc1)c1ccc(F)cc1. The van der Waals surface area contributed by atoms with Gasteiger partial charge in [0.2, 0.25) is 16.3 Å². The Labute approximate surface area is 311 Å². The van der Waals surface area contributed by atoms with Gasteiger partial charge in [-0.3, -0.25) is 8.98 Å². The van der Waals surface area contributed by atoms with Crippen molar-refractivity contribution in [1.29, 1.82) is 0 Å². The number of hydrogen-bond donors (Lipinski definition) is 0. The lowest BCUT2D eigenvalue weighted by atomic mass is 9.78. The molecule has 0 bridgehead atoms. The summed E-state index contributed by atoms with van der Waals surface area (Å²) in [4.78, 5) is 15.8. The van der Waals surface area contributed by atoms with E-state index in [1.807, 2.05) is 36.4 Å². The van der Waals surface area contributed by atoms with E-state index >= 15 is 0 Å². The molecule has 1 saturated heterocycles. The van der Waals surface area contributed by atoms with Crippen molar-refractivity contribution in [2.45, 2.75) is 76.9 Å². The number of nitrogens with zero attached hydrogens (tertiary/aromatic N) is 1. The van der Waals surface area contributed by atoms with E-state index < -0.39 is 36.5 Å². The summed E-state index contributed by atoms with van der Waals surface area (Å²) >= 11 is 0. The number of ether oxygens (including phenoxy) is 2. The average Bonchev–Trinajstić information content (AvgIpc) is 3.10. The van der Waals surface area contributed by atoms with Crippen molar-refractivity contribution < 1.29 is 44.6 Å². The van der Waals surface area contributed by atoms with E-state index in [0.717, 1.165) is 11.1 Å². The van der Waals surface area contributed by atoms with E-state index in [1.165, 1.54) is 24.3 Å². The number of halogens is 2. The number of anilines is 1. The molecule has 0 N–H and O–H groups in total. The van der Waals surface area contributed by atoms with Crippen LogP contribution in [0, 0.1) is 17.6 Å². The van der Waals surface area contributed by atoms with E-state index in [-0.39, 0.29) is 49.1 Å². The highest BCUT2D eigenvalue weighted by atomic mass is 32.3. The molecule has 1 amide bonds. The summed E-state index contributed by atoms with van der Waals surface area (Å²) in [7, 11) is -7.10. The van der Waals surface area contributed by atoms with E-state index in [2.05, 4.69) is 38.0 Å². The fraction of sp³-hybridized carbons (Fsp3) is 0.375. The molecule has 0 saturated carbocycles. The Balaban J connectivity index is 1.47. The minimum Gasteiger partial charge on any atom is -0.726 e. The number of rotatable bonds is 17. The Morgan fingerprint density at radius 3 is 2.13 bits per heavy atom. The van der Waals surface area contributed by atoms with Crippen molar-refractivity contribution in [1.82, 2.24) is 0 Å². The number of carbonyl (C=O) groups is 1. The zero-order valence-corrected chi connectivity index (χ0v) is 32.4. The topological polar surface area (TPSA) is 114 Å². The van der Waals surface area contributed by atoms with Crippen LogP contribution in [-0.4, -0.2) is 40.4 Å². The van der Waals surface area contributed by atoms with Gasteiger partial charge >= 0.3 is 0 Å². The zero-order chi connectivity index (χ0) is 38.4. The van der Waals surface area contributed by atoms with Gasteiger partial charge in [-0.15, -0.1) is 0 Å². The molecular weight excluding hydrogens is 721 g/mol. The molecule has 284 valence electrons. The molecule has 53 heavy (non-hydrogen) atoms. The van der Waals surface area contributed by atoms with E-state index in [4.69, 9.17) is 13.9 Å². The van der Waals surface area contributed by atoms with Crippen LogP contribution in [0.25, 0.3) is 0 Å². The van der Waals surface area contributed by atoms with E-state index in [0.29, 0.717) is 35.6 Å². The number of hydrogen-bond acceptors (Lipinski definition) is 8. The maximum Gasteiger partial charge on any atom is 0.233 e. The molecule has 1 fully saturated rings. The largest absolute Gasteiger partial charge is 0.726 e. The highest BCUT2D eigenvalue weighted by molar-refractivity contribution is 7.80. The lowest BCUT2D eigenvalue weighted by Gasteiger charge is -2.48. The normalized spacial score (nSPS) is 17.0. The predicted molar refractivity (Wildman–Crippen MR) is 200 cm³/mol. The van der Waals surface area contributed by atoms with Gasteiger partial charge in [0.05, 0.1) is 31.3 Å². The summed E-state index contributed by atoms with van der Waals surface area (Å²) in [6.07, 6.45) is 0.699. The predicted octanol–water partition coefficient (Wildman–Crippen LogP) is 9.04. The summed E-state index contributed by atoms with van der Waals surface area (Å²) in [5.74, 6) is -0.504. The van der Waals surface area contributed by atoms with Crippen molar-refractivity contribution in [3.63, 3.8) is 0 Å². The van der Waals surface area contributed by atoms with Crippen molar-refractivity contribution in [3.05, 3.63) is 125 Å². The molecule has 4 aromatic rings. The molecular formula is C40H46F2NO8SSi-. The summed E-state index contributed by atoms with van der Waals surface area (Å²) in [6.45, 7) is 10.8. The summed E-state index contributed by atoms with van der Waals surface area (Å²) in [5.41, 5.74) is 3.00. The monoisotopic (exact) mass is 766 g/mol. The molecule has 0 unspecified atom stereocenters. The van der Waals surface area contributed by atoms with Gasteiger partial charge in [0.25, 0.3) is 0 Å². The number of amides is 1. The van der Waals surface area contributed by atoms with Gasteiger partial charge in [-0.2, -0.15) is 0 Å². The molecule has 0 spiro atoms. The molecule has 0 aromatic heterocycles. The molecule has 1 aliphatic rings. The first kappa shape index (κ1) is 40.1. The molecule has 0 radical (unpaired) electrons. The van der Waals surface area contributed by atoms with Gasteiger partial charge in [0, 0.05) is 23.7 Å². The van der Waals surface area contributed by atoms with Crippen LogP contribution in [0.15, 0.2) is 97.1 Å². The Bertz CT molecular complexity index is 1940. The molecule has 3 atom stereocenters. The standard InChI is InChI=1S/C40H47F2NO8SSi/c1-40(2,3)53(4,5)51-36(29-12-14-30(41)15-13-29)23-22-35-38(43(39(35)44)32-18-16-31(42)17-19-32)34-21-20-33(48-24-9-25-50-52(45,46)47)26-37(34)49-27-28-10-7-6-8-11-28/h6-8,10-21,26,35-36,38H,9,22-25,27H2,1-5H3,(H,45,46,47)/p-1/t35-,36-,38-/m1/s1. The molecule has 0 aliphatic carbocycles. The summed E-state index contributed by atoms with van der Waals surface area (Å²) in [6, 6.07) is 26.5. The number of benzene rings is 4. The lowest BCUT2D eigenvalue weighted by Crippen LogP contribution is -2.55. The Hall–Kier alpha value is -4.14. The number of carbonyl (C=O) groups excluding carboxylic acids is 1. The molecule has 13 heteroatoms. The molecule has 5 rings (SSSR count). The first-order valence-corrected chi connectivity index (χ1v) is 21.8. The minimum atomic E-state index is -4.80. The third-order valence-electron chi connectivity index (χ3n) is 9.87. The van der Waals surface area contributed by atoms with E-state index in [1.54, 1.807) is 41.3 Å². The van der Waals surface area contributed by atoms with Crippen molar-refractivity contribution in [2.75, 3.05) is 18.1 Å². The summed E-state index contributed by atoms with van der Waals surface area (Å²) in [5, 5.41) is -0.0882. The fourth-order valence-electron chi connectivity index (χ4n) is 6.03. The maximum absolute atomic E-state index is 14.1. The lowest BCUT2D eigenvalue weighted by molar-refractivity contribution is -0.131. The van der Waals surface area contributed by atoms with Crippen molar-refractivity contribution in [2.24, 2.45) is 5.92 Å². The second-order valence-electron chi connectivity index (χ2n) is 14.6. The Morgan fingerprint density at radius 2 is 1.51 bits per heavy atom. The van der Waals surface area contributed by atoms with Crippen LogP contribution in [0.3, 0.4) is 0 Å². The van der Waals surface area contributed by atoms with Crippen LogP contribution < -0.4 is 14.4 Å². The van der Waals surface area contributed by atoms with Gasteiger partial charge in [0.15, 0.2) is 8.32 Å². The average molecular weight is 767 g/mol. The van der Waals surface area contributed by atoms with E-state index in [9.17, 15) is 26.5 Å². The van der Waals surface area contributed by atoms with Gasteiger partial charge < -0.3 is 23.4 Å². The van der Waals surface area contributed by atoms with Crippen LogP contribution in [0.1, 0.15) is 68.9 Å². The molecule has 4 aromatic carbocycles. The second-order valence-corrected chi connectivity index (χ2v) is 20.4.